The first-order valence-corrected chi connectivity index (χ1v) is 7.04. The number of Topliss-reactive ketones (excluding diaryl/α,β-unsaturated/α-hetero) is 1. The standard InChI is InChI=1S/C16H14N2O5/c1-8-5-14(23-18-8)16(21)22-7-13(19)10-3-4-12-11(6-10)9(2)15(20)17-12/h3-6,9H,7H2,1-2H3,(H,17,20)/t9-/m1/s1. The third-order valence-corrected chi connectivity index (χ3v) is 3.65. The molecule has 1 atom stereocenters. The summed E-state index contributed by atoms with van der Waals surface area (Å²) >= 11 is 0. The van der Waals surface area contributed by atoms with E-state index in [-0.39, 0.29) is 23.4 Å². The first kappa shape index (κ1) is 15.0. The van der Waals surface area contributed by atoms with Crippen molar-refractivity contribution >= 4 is 23.3 Å². The van der Waals surface area contributed by atoms with Gasteiger partial charge in [-0.3, -0.25) is 9.59 Å². The van der Waals surface area contributed by atoms with Gasteiger partial charge in [0, 0.05) is 17.3 Å². The summed E-state index contributed by atoms with van der Waals surface area (Å²) in [5.74, 6) is -1.56. The molecule has 0 unspecified atom stereocenters. The lowest BCUT2D eigenvalue weighted by molar-refractivity contribution is -0.116. The molecule has 1 aromatic carbocycles. The number of ketones is 1. The Balaban J connectivity index is 1.67. The zero-order valence-corrected chi connectivity index (χ0v) is 12.6. The molecule has 23 heavy (non-hydrogen) atoms. The molecule has 1 aliphatic rings. The summed E-state index contributed by atoms with van der Waals surface area (Å²) in [5, 5.41) is 6.31. The minimum Gasteiger partial charge on any atom is -0.451 e. The molecule has 0 fully saturated rings. The molecule has 0 bridgehead atoms. The minimum absolute atomic E-state index is 0.0485. The van der Waals surface area contributed by atoms with Crippen LogP contribution in [0.25, 0.3) is 0 Å². The molecule has 1 aromatic heterocycles. The van der Waals surface area contributed by atoms with Crippen LogP contribution in [0, 0.1) is 6.92 Å². The van der Waals surface area contributed by atoms with E-state index >= 15 is 0 Å². The van der Waals surface area contributed by atoms with E-state index in [2.05, 4.69) is 10.5 Å². The summed E-state index contributed by atoms with van der Waals surface area (Å²) in [6.45, 7) is 3.03. The first-order chi connectivity index (χ1) is 11.0. The summed E-state index contributed by atoms with van der Waals surface area (Å²) in [6.07, 6.45) is 0. The summed E-state index contributed by atoms with van der Waals surface area (Å²) in [5.41, 5.74) is 2.40. The molecule has 2 heterocycles. The van der Waals surface area contributed by atoms with Crippen LogP contribution in [0.15, 0.2) is 28.8 Å². The average molecular weight is 314 g/mol. The van der Waals surface area contributed by atoms with Gasteiger partial charge in [0.2, 0.25) is 11.7 Å². The van der Waals surface area contributed by atoms with Crippen LogP contribution >= 0.6 is 0 Å². The fourth-order valence-corrected chi connectivity index (χ4v) is 2.34. The second kappa shape index (κ2) is 5.68. The SMILES string of the molecule is Cc1cc(C(=O)OCC(=O)c2ccc3c(c2)[C@@H](C)C(=O)N3)on1. The van der Waals surface area contributed by atoms with Gasteiger partial charge in [0.15, 0.2) is 12.4 Å². The summed E-state index contributed by atoms with van der Waals surface area (Å²) in [6, 6.07) is 6.34. The Bertz CT molecular complexity index is 809. The van der Waals surface area contributed by atoms with Crippen LogP contribution in [-0.4, -0.2) is 29.4 Å². The van der Waals surface area contributed by atoms with Gasteiger partial charge in [-0.05, 0) is 37.6 Å². The maximum absolute atomic E-state index is 12.1. The van der Waals surface area contributed by atoms with E-state index in [0.717, 1.165) is 5.56 Å². The fraction of sp³-hybridized carbons (Fsp3) is 0.250. The Hall–Kier alpha value is -2.96. The molecule has 0 radical (unpaired) electrons. The number of esters is 1. The molecule has 0 spiro atoms. The Morgan fingerprint density at radius 2 is 2.13 bits per heavy atom. The van der Waals surface area contributed by atoms with Gasteiger partial charge in [-0.2, -0.15) is 0 Å². The lowest BCUT2D eigenvalue weighted by Gasteiger charge is -2.06. The van der Waals surface area contributed by atoms with Crippen molar-refractivity contribution in [1.29, 1.82) is 0 Å². The number of hydrogen-bond donors (Lipinski definition) is 1. The van der Waals surface area contributed by atoms with Crippen LogP contribution in [0.2, 0.25) is 0 Å². The number of hydrogen-bond acceptors (Lipinski definition) is 6. The third-order valence-electron chi connectivity index (χ3n) is 3.65. The van der Waals surface area contributed by atoms with Gasteiger partial charge < -0.3 is 14.6 Å². The Morgan fingerprint density at radius 1 is 1.35 bits per heavy atom. The smallest absolute Gasteiger partial charge is 0.377 e. The number of fused-ring (bicyclic) bond motifs is 1. The van der Waals surface area contributed by atoms with Crippen LogP contribution < -0.4 is 5.32 Å². The maximum atomic E-state index is 12.1. The number of ether oxygens (including phenoxy) is 1. The first-order valence-electron chi connectivity index (χ1n) is 7.04. The monoisotopic (exact) mass is 314 g/mol. The number of benzene rings is 1. The van der Waals surface area contributed by atoms with Gasteiger partial charge in [0.25, 0.3) is 0 Å². The molecule has 0 aliphatic carbocycles. The number of carbonyl (C=O) groups excluding carboxylic acids is 3. The number of amides is 1. The summed E-state index contributed by atoms with van der Waals surface area (Å²) in [4.78, 5) is 35.5. The Kier molecular flexibility index (Phi) is 3.69. The van der Waals surface area contributed by atoms with E-state index in [4.69, 9.17) is 9.26 Å². The molecule has 2 aromatic rings. The third kappa shape index (κ3) is 2.85. The lowest BCUT2D eigenvalue weighted by Crippen LogP contribution is -2.14. The number of rotatable bonds is 4. The van der Waals surface area contributed by atoms with Crippen molar-refractivity contribution in [2.24, 2.45) is 0 Å². The largest absolute Gasteiger partial charge is 0.451 e. The fourth-order valence-electron chi connectivity index (χ4n) is 2.34. The molecule has 1 amide bonds. The number of anilines is 1. The number of nitrogens with zero attached hydrogens (tertiary/aromatic N) is 1. The molecule has 7 heteroatoms. The summed E-state index contributed by atoms with van der Waals surface area (Å²) < 4.78 is 9.69. The minimum atomic E-state index is -0.745. The van der Waals surface area contributed by atoms with E-state index in [0.29, 0.717) is 16.9 Å². The second-order valence-electron chi connectivity index (χ2n) is 5.34. The highest BCUT2D eigenvalue weighted by Crippen LogP contribution is 2.32. The van der Waals surface area contributed by atoms with Crippen molar-refractivity contribution in [1.82, 2.24) is 5.16 Å². The topological polar surface area (TPSA) is 98.5 Å². The van der Waals surface area contributed by atoms with E-state index in [1.165, 1.54) is 6.07 Å². The molecular formula is C16H14N2O5. The van der Waals surface area contributed by atoms with Crippen LogP contribution in [0.3, 0.4) is 0 Å². The quantitative estimate of drug-likeness (QED) is 0.685. The molecule has 1 aliphatic heterocycles. The van der Waals surface area contributed by atoms with Crippen LogP contribution in [0.1, 0.15) is 45.0 Å². The van der Waals surface area contributed by atoms with Gasteiger partial charge in [-0.15, -0.1) is 0 Å². The highest BCUT2D eigenvalue weighted by Gasteiger charge is 2.27. The second-order valence-corrected chi connectivity index (χ2v) is 5.34. The number of carbonyl (C=O) groups is 3. The van der Waals surface area contributed by atoms with Gasteiger partial charge in [-0.1, -0.05) is 5.16 Å². The maximum Gasteiger partial charge on any atom is 0.377 e. The van der Waals surface area contributed by atoms with Gasteiger partial charge in [0.1, 0.15) is 0 Å². The number of aromatic nitrogens is 1. The lowest BCUT2D eigenvalue weighted by atomic mass is 9.99. The zero-order valence-electron chi connectivity index (χ0n) is 12.6. The summed E-state index contributed by atoms with van der Waals surface area (Å²) in [7, 11) is 0. The predicted octanol–water partition coefficient (Wildman–Crippen LogP) is 2.08. The number of aryl methyl sites for hydroxylation is 1. The van der Waals surface area contributed by atoms with Crippen molar-refractivity contribution in [3.8, 4) is 0 Å². The Labute approximate surface area is 131 Å². The zero-order chi connectivity index (χ0) is 16.6. The predicted molar refractivity (Wildman–Crippen MR) is 79.3 cm³/mol. The number of nitrogens with one attached hydrogen (secondary N) is 1. The van der Waals surface area contributed by atoms with Crippen molar-refractivity contribution in [3.05, 3.63) is 46.8 Å². The average Bonchev–Trinajstić information content (AvgIpc) is 3.09. The van der Waals surface area contributed by atoms with Crippen molar-refractivity contribution in [3.63, 3.8) is 0 Å². The molecule has 118 valence electrons. The van der Waals surface area contributed by atoms with Gasteiger partial charge >= 0.3 is 5.97 Å². The van der Waals surface area contributed by atoms with Gasteiger partial charge in [0.05, 0.1) is 11.6 Å². The van der Waals surface area contributed by atoms with Crippen molar-refractivity contribution < 1.29 is 23.6 Å². The highest BCUT2D eigenvalue weighted by molar-refractivity contribution is 6.05. The van der Waals surface area contributed by atoms with Crippen molar-refractivity contribution in [2.45, 2.75) is 19.8 Å². The van der Waals surface area contributed by atoms with Crippen LogP contribution in [0.5, 0.6) is 0 Å². The van der Waals surface area contributed by atoms with E-state index in [1.54, 1.807) is 32.0 Å². The van der Waals surface area contributed by atoms with E-state index in [9.17, 15) is 14.4 Å². The molecule has 3 rings (SSSR count). The van der Waals surface area contributed by atoms with E-state index in [1.807, 2.05) is 0 Å². The van der Waals surface area contributed by atoms with Crippen LogP contribution in [0.4, 0.5) is 5.69 Å². The van der Waals surface area contributed by atoms with E-state index < -0.39 is 12.6 Å². The normalized spacial score (nSPS) is 15.9. The van der Waals surface area contributed by atoms with Crippen molar-refractivity contribution in [2.75, 3.05) is 11.9 Å². The Morgan fingerprint density at radius 3 is 2.83 bits per heavy atom. The highest BCUT2D eigenvalue weighted by atomic mass is 16.6. The molecular weight excluding hydrogens is 300 g/mol. The molecule has 1 N–H and O–H groups in total. The molecule has 0 saturated carbocycles. The van der Waals surface area contributed by atoms with Crippen LogP contribution in [-0.2, 0) is 9.53 Å². The molecule has 0 saturated heterocycles. The molecule has 7 nitrogen and oxygen atoms in total. The van der Waals surface area contributed by atoms with Gasteiger partial charge in [-0.25, -0.2) is 4.79 Å².